The summed E-state index contributed by atoms with van der Waals surface area (Å²) in [6.45, 7) is -5.28. The Bertz CT molecular complexity index is 319. The first-order valence-corrected chi connectivity index (χ1v) is 3.34. The molecule has 1 rings (SSSR count). The number of hydrogen-bond acceptors (Lipinski definition) is 2. The predicted octanol–water partition coefficient (Wildman–Crippen LogP) is -1.71. The van der Waals surface area contributed by atoms with Crippen LogP contribution in [-0.4, -0.2) is 19.1 Å². The van der Waals surface area contributed by atoms with E-state index in [0.29, 0.717) is 12.3 Å². The average Bonchev–Trinajstić information content (AvgIpc) is 2.03. The second kappa shape index (κ2) is 5.45. The second-order valence-electron chi connectivity index (χ2n) is 2.33. The Morgan fingerprint density at radius 3 is 2.36 bits per heavy atom. The molecule has 0 radical (unpaired) electrons. The molecule has 0 aromatic carbocycles. The van der Waals surface area contributed by atoms with Gasteiger partial charge in [-0.05, 0) is 11.5 Å². The molecule has 0 spiro atoms. The van der Waals surface area contributed by atoms with E-state index >= 15 is 0 Å². The SMILES string of the molecule is COc1ncc(F)cc1[B-](F)(F)F.[K+]. The maximum absolute atomic E-state index is 12.4. The molecule has 0 aliphatic heterocycles. The van der Waals surface area contributed by atoms with Gasteiger partial charge in [0.05, 0.1) is 13.3 Å². The van der Waals surface area contributed by atoms with Gasteiger partial charge in [-0.2, -0.15) is 0 Å². The van der Waals surface area contributed by atoms with Crippen LogP contribution in [0.25, 0.3) is 0 Å². The maximum Gasteiger partial charge on any atom is 1.00 e. The predicted molar refractivity (Wildman–Crippen MR) is 39.5 cm³/mol. The van der Waals surface area contributed by atoms with Crippen LogP contribution < -0.4 is 61.6 Å². The summed E-state index contributed by atoms with van der Waals surface area (Å²) < 4.78 is 53.3. The summed E-state index contributed by atoms with van der Waals surface area (Å²) in [6, 6.07) is 0.367. The molecule has 8 heteroatoms. The standard InChI is InChI=1S/C6H5BF4NO.K/c1-13-6-5(7(9,10)11)2-4(8)3-12-6;/h2-3H,1H3;/q-1;+1. The van der Waals surface area contributed by atoms with Crippen LogP contribution in [-0.2, 0) is 0 Å². The van der Waals surface area contributed by atoms with E-state index in [1.165, 1.54) is 0 Å². The molecule has 0 unspecified atom stereocenters. The smallest absolute Gasteiger partial charge is 0.483 e. The Labute approximate surface area is 121 Å². The maximum atomic E-state index is 12.4. The van der Waals surface area contributed by atoms with Crippen molar-refractivity contribution in [1.29, 1.82) is 0 Å². The Morgan fingerprint density at radius 2 is 1.93 bits per heavy atom. The minimum atomic E-state index is -5.28. The molecular formula is C6H5BF4KNO. The van der Waals surface area contributed by atoms with Crippen molar-refractivity contribution in [3.8, 4) is 5.88 Å². The number of halogens is 4. The molecule has 1 aromatic rings. The summed E-state index contributed by atoms with van der Waals surface area (Å²) >= 11 is 0. The molecule has 1 aromatic heterocycles. The van der Waals surface area contributed by atoms with Crippen LogP contribution in [0.4, 0.5) is 17.3 Å². The van der Waals surface area contributed by atoms with Crippen molar-refractivity contribution >= 4 is 12.4 Å². The van der Waals surface area contributed by atoms with Crippen molar-refractivity contribution in [3.63, 3.8) is 0 Å². The van der Waals surface area contributed by atoms with Gasteiger partial charge in [0.25, 0.3) is 0 Å². The van der Waals surface area contributed by atoms with E-state index in [2.05, 4.69) is 9.72 Å². The van der Waals surface area contributed by atoms with E-state index < -0.39 is 24.1 Å². The van der Waals surface area contributed by atoms with Gasteiger partial charge in [-0.3, -0.25) is 0 Å². The van der Waals surface area contributed by atoms with E-state index in [-0.39, 0.29) is 51.4 Å². The number of pyridine rings is 1. The number of hydrogen-bond donors (Lipinski definition) is 0. The zero-order valence-electron chi connectivity index (χ0n) is 7.60. The van der Waals surface area contributed by atoms with Gasteiger partial charge < -0.3 is 17.7 Å². The molecule has 0 saturated carbocycles. The number of rotatable bonds is 2. The summed E-state index contributed by atoms with van der Waals surface area (Å²) in [6.07, 6.45) is 0.671. The van der Waals surface area contributed by atoms with E-state index in [0.717, 1.165) is 7.11 Å². The van der Waals surface area contributed by atoms with Crippen LogP contribution in [0.5, 0.6) is 5.88 Å². The van der Waals surface area contributed by atoms with Gasteiger partial charge in [-0.25, -0.2) is 9.37 Å². The zero-order chi connectivity index (χ0) is 10.1. The molecule has 0 aliphatic rings. The first-order valence-electron chi connectivity index (χ1n) is 3.34. The quantitative estimate of drug-likeness (QED) is 0.448. The minimum Gasteiger partial charge on any atom is -0.483 e. The van der Waals surface area contributed by atoms with Crippen molar-refractivity contribution in [2.45, 2.75) is 0 Å². The van der Waals surface area contributed by atoms with Crippen molar-refractivity contribution in [2.75, 3.05) is 7.11 Å². The third kappa shape index (κ3) is 3.50. The van der Waals surface area contributed by atoms with E-state index in [1.807, 2.05) is 0 Å². The van der Waals surface area contributed by atoms with Crippen LogP contribution in [0.2, 0.25) is 0 Å². The van der Waals surface area contributed by atoms with Gasteiger partial charge in [0, 0.05) is 0 Å². The molecule has 1 heterocycles. The molecule has 72 valence electrons. The zero-order valence-corrected chi connectivity index (χ0v) is 10.7. The Morgan fingerprint density at radius 1 is 1.36 bits per heavy atom. The van der Waals surface area contributed by atoms with Crippen LogP contribution in [0.1, 0.15) is 0 Å². The summed E-state index contributed by atoms with van der Waals surface area (Å²) in [7, 11) is 1.05. The first-order chi connectivity index (χ1) is 5.95. The average molecular weight is 233 g/mol. The molecule has 0 saturated heterocycles. The minimum absolute atomic E-state index is 0. The fraction of sp³-hybridized carbons (Fsp3) is 0.167. The molecular weight excluding hydrogens is 228 g/mol. The second-order valence-corrected chi connectivity index (χ2v) is 2.33. The van der Waals surface area contributed by atoms with Gasteiger partial charge in [-0.1, -0.05) is 0 Å². The van der Waals surface area contributed by atoms with E-state index in [4.69, 9.17) is 0 Å². The normalized spacial score (nSPS) is 10.6. The van der Waals surface area contributed by atoms with E-state index in [9.17, 15) is 17.3 Å². The number of aromatic nitrogens is 1. The van der Waals surface area contributed by atoms with Crippen LogP contribution >= 0.6 is 0 Å². The molecule has 0 aliphatic carbocycles. The largest absolute Gasteiger partial charge is 1.00 e. The third-order valence-electron chi connectivity index (χ3n) is 1.39. The Balaban J connectivity index is 0.00000169. The van der Waals surface area contributed by atoms with Crippen LogP contribution in [0.3, 0.4) is 0 Å². The molecule has 0 fully saturated rings. The van der Waals surface area contributed by atoms with Crippen molar-refractivity contribution < 1.29 is 73.5 Å². The van der Waals surface area contributed by atoms with Crippen LogP contribution in [0, 0.1) is 5.82 Å². The topological polar surface area (TPSA) is 22.1 Å². The summed E-state index contributed by atoms with van der Waals surface area (Å²) in [5.41, 5.74) is -1.15. The fourth-order valence-electron chi connectivity index (χ4n) is 0.847. The van der Waals surface area contributed by atoms with Crippen molar-refractivity contribution in [1.82, 2.24) is 4.98 Å². The first kappa shape index (κ1) is 14.4. The summed E-state index contributed by atoms with van der Waals surface area (Å²) in [5.74, 6) is -1.64. The van der Waals surface area contributed by atoms with Crippen LogP contribution in [0.15, 0.2) is 12.3 Å². The van der Waals surface area contributed by atoms with Gasteiger partial charge in [0.1, 0.15) is 5.82 Å². The molecule has 2 nitrogen and oxygen atoms in total. The number of nitrogens with zero attached hydrogens (tertiary/aromatic N) is 1. The molecule has 0 N–H and O–H groups in total. The molecule has 14 heavy (non-hydrogen) atoms. The van der Waals surface area contributed by atoms with Gasteiger partial charge in [-0.15, -0.1) is 0 Å². The van der Waals surface area contributed by atoms with E-state index in [1.54, 1.807) is 0 Å². The molecule has 0 amide bonds. The number of methoxy groups -OCH3 is 1. The monoisotopic (exact) mass is 233 g/mol. The van der Waals surface area contributed by atoms with Crippen molar-refractivity contribution in [2.24, 2.45) is 0 Å². The molecule has 0 bridgehead atoms. The fourth-order valence-corrected chi connectivity index (χ4v) is 0.847. The van der Waals surface area contributed by atoms with Gasteiger partial charge in [0.15, 0.2) is 5.88 Å². The van der Waals surface area contributed by atoms with Gasteiger partial charge in [0.2, 0.25) is 0 Å². The Hall–Kier alpha value is 0.371. The van der Waals surface area contributed by atoms with Gasteiger partial charge >= 0.3 is 58.4 Å². The van der Waals surface area contributed by atoms with Crippen molar-refractivity contribution in [3.05, 3.63) is 18.1 Å². The molecule has 0 atom stereocenters. The number of ether oxygens (including phenoxy) is 1. The Kier molecular flexibility index (Phi) is 5.60. The third-order valence-corrected chi connectivity index (χ3v) is 1.39. The summed E-state index contributed by atoms with van der Waals surface area (Å²) in [4.78, 5) is 3.16. The summed E-state index contributed by atoms with van der Waals surface area (Å²) in [5, 5.41) is 0.